The van der Waals surface area contributed by atoms with Gasteiger partial charge in [-0.3, -0.25) is 4.79 Å². The standard InChI is InChI=1S/C17H21N3O5/c1-20(2)13-7-11(10-18)6-12(8-13)16(21)19-14(17(22)23-3)9-15-24-4-5-25-15/h6-8,14-15H,4-5,9H2,1-3H3,(H,19,21). The minimum absolute atomic E-state index is 0.150. The number of rotatable bonds is 6. The van der Waals surface area contributed by atoms with Crippen molar-refractivity contribution in [1.82, 2.24) is 5.32 Å². The predicted molar refractivity (Wildman–Crippen MR) is 89.1 cm³/mol. The third-order valence-corrected chi connectivity index (χ3v) is 3.74. The Morgan fingerprint density at radius 3 is 2.60 bits per heavy atom. The molecule has 25 heavy (non-hydrogen) atoms. The molecule has 1 saturated heterocycles. The molecule has 1 aromatic carbocycles. The zero-order chi connectivity index (χ0) is 18.4. The van der Waals surface area contributed by atoms with Crippen LogP contribution in [0.4, 0.5) is 5.69 Å². The van der Waals surface area contributed by atoms with E-state index in [1.165, 1.54) is 13.2 Å². The minimum atomic E-state index is -0.908. The van der Waals surface area contributed by atoms with Gasteiger partial charge in [0.1, 0.15) is 6.04 Å². The number of nitrogens with one attached hydrogen (secondary N) is 1. The normalized spacial score (nSPS) is 15.3. The highest BCUT2D eigenvalue weighted by molar-refractivity contribution is 5.98. The highest BCUT2D eigenvalue weighted by Gasteiger charge is 2.29. The highest BCUT2D eigenvalue weighted by atomic mass is 16.7. The van der Waals surface area contributed by atoms with Crippen molar-refractivity contribution < 1.29 is 23.8 Å². The largest absolute Gasteiger partial charge is 0.467 e. The van der Waals surface area contributed by atoms with E-state index in [9.17, 15) is 9.59 Å². The summed E-state index contributed by atoms with van der Waals surface area (Å²) in [5, 5.41) is 11.8. The Hall–Kier alpha value is -2.63. The lowest BCUT2D eigenvalue weighted by Gasteiger charge is -2.20. The average molecular weight is 347 g/mol. The number of methoxy groups -OCH3 is 1. The van der Waals surface area contributed by atoms with Gasteiger partial charge in [0.2, 0.25) is 0 Å². The number of anilines is 1. The Balaban J connectivity index is 2.18. The van der Waals surface area contributed by atoms with Gasteiger partial charge in [-0.25, -0.2) is 4.79 Å². The van der Waals surface area contributed by atoms with Gasteiger partial charge in [-0.1, -0.05) is 0 Å². The van der Waals surface area contributed by atoms with Crippen LogP contribution < -0.4 is 10.2 Å². The summed E-state index contributed by atoms with van der Waals surface area (Å²) in [6.07, 6.45) is -0.413. The fraction of sp³-hybridized carbons (Fsp3) is 0.471. The van der Waals surface area contributed by atoms with Gasteiger partial charge in [0.15, 0.2) is 6.29 Å². The molecule has 8 heteroatoms. The maximum Gasteiger partial charge on any atom is 0.328 e. The lowest BCUT2D eigenvalue weighted by atomic mass is 10.1. The van der Waals surface area contributed by atoms with Crippen LogP contribution in [0.1, 0.15) is 22.3 Å². The Kier molecular flexibility index (Phi) is 6.33. The number of hydrogen-bond acceptors (Lipinski definition) is 7. The van der Waals surface area contributed by atoms with Gasteiger partial charge in [-0.2, -0.15) is 5.26 Å². The molecule has 0 radical (unpaired) electrons. The van der Waals surface area contributed by atoms with Crippen LogP contribution in [0.3, 0.4) is 0 Å². The van der Waals surface area contributed by atoms with E-state index in [1.54, 1.807) is 17.0 Å². The highest BCUT2D eigenvalue weighted by Crippen LogP contribution is 2.18. The molecule has 8 nitrogen and oxygen atoms in total. The van der Waals surface area contributed by atoms with Gasteiger partial charge in [-0.05, 0) is 18.2 Å². The van der Waals surface area contributed by atoms with Gasteiger partial charge < -0.3 is 24.4 Å². The first-order chi connectivity index (χ1) is 11.9. The summed E-state index contributed by atoms with van der Waals surface area (Å²) in [5.41, 5.74) is 1.35. The van der Waals surface area contributed by atoms with Crippen LogP contribution in [0, 0.1) is 11.3 Å². The maximum absolute atomic E-state index is 12.6. The number of benzene rings is 1. The smallest absolute Gasteiger partial charge is 0.328 e. The first-order valence-corrected chi connectivity index (χ1v) is 7.79. The van der Waals surface area contributed by atoms with Crippen LogP contribution in [0.2, 0.25) is 0 Å². The van der Waals surface area contributed by atoms with Crippen molar-refractivity contribution in [2.45, 2.75) is 18.8 Å². The summed E-state index contributed by atoms with van der Waals surface area (Å²) in [6, 6.07) is 5.91. The molecule has 0 saturated carbocycles. The second-order valence-electron chi connectivity index (χ2n) is 5.73. The van der Waals surface area contributed by atoms with Crippen molar-refractivity contribution in [1.29, 1.82) is 5.26 Å². The van der Waals surface area contributed by atoms with Gasteiger partial charge in [0, 0.05) is 31.8 Å². The molecule has 1 aliphatic heterocycles. The summed E-state index contributed by atoms with van der Waals surface area (Å²) in [5.74, 6) is -1.06. The summed E-state index contributed by atoms with van der Waals surface area (Å²) in [7, 11) is 4.87. The molecule has 1 fully saturated rings. The van der Waals surface area contributed by atoms with E-state index in [1.807, 2.05) is 20.2 Å². The van der Waals surface area contributed by atoms with E-state index in [-0.39, 0.29) is 12.0 Å². The molecule has 0 spiro atoms. The number of ether oxygens (including phenoxy) is 3. The van der Waals surface area contributed by atoms with Gasteiger partial charge in [-0.15, -0.1) is 0 Å². The zero-order valence-electron chi connectivity index (χ0n) is 14.4. The monoisotopic (exact) mass is 347 g/mol. The van der Waals surface area contributed by atoms with E-state index < -0.39 is 24.2 Å². The van der Waals surface area contributed by atoms with E-state index in [0.717, 1.165) is 0 Å². The Bertz CT molecular complexity index is 677. The lowest BCUT2D eigenvalue weighted by Crippen LogP contribution is -2.43. The molecule has 1 aliphatic rings. The van der Waals surface area contributed by atoms with Crippen LogP contribution in [0.25, 0.3) is 0 Å². The third-order valence-electron chi connectivity index (χ3n) is 3.74. The second kappa shape index (κ2) is 8.46. The van der Waals surface area contributed by atoms with Crippen LogP contribution >= 0.6 is 0 Å². The van der Waals surface area contributed by atoms with Crippen LogP contribution in [0.15, 0.2) is 18.2 Å². The summed E-state index contributed by atoms with van der Waals surface area (Å²) < 4.78 is 15.4. The fourth-order valence-corrected chi connectivity index (χ4v) is 2.40. The lowest BCUT2D eigenvalue weighted by molar-refractivity contribution is -0.146. The third kappa shape index (κ3) is 4.92. The van der Waals surface area contributed by atoms with Crippen molar-refractivity contribution >= 4 is 17.6 Å². The van der Waals surface area contributed by atoms with Gasteiger partial charge in [0.25, 0.3) is 5.91 Å². The Morgan fingerprint density at radius 1 is 1.36 bits per heavy atom. The molecule has 0 aromatic heterocycles. The predicted octanol–water partition coefficient (Wildman–Crippen LogP) is 0.659. The van der Waals surface area contributed by atoms with Crippen LogP contribution in [0.5, 0.6) is 0 Å². The van der Waals surface area contributed by atoms with Crippen molar-refractivity contribution in [3.63, 3.8) is 0 Å². The Labute approximate surface area is 146 Å². The molecule has 134 valence electrons. The molecule has 0 bridgehead atoms. The number of carbonyl (C=O) groups excluding carboxylic acids is 2. The molecule has 1 amide bonds. The zero-order valence-corrected chi connectivity index (χ0v) is 14.4. The minimum Gasteiger partial charge on any atom is -0.467 e. The number of esters is 1. The molecular formula is C17H21N3O5. The molecule has 2 rings (SSSR count). The molecule has 1 unspecified atom stereocenters. The molecule has 1 N–H and O–H groups in total. The second-order valence-corrected chi connectivity index (χ2v) is 5.73. The van der Waals surface area contributed by atoms with Crippen molar-refractivity contribution in [2.24, 2.45) is 0 Å². The van der Waals surface area contributed by atoms with E-state index >= 15 is 0 Å². The molecule has 1 aromatic rings. The van der Waals surface area contributed by atoms with Crippen molar-refractivity contribution in [2.75, 3.05) is 39.3 Å². The summed E-state index contributed by atoms with van der Waals surface area (Å²) >= 11 is 0. The molecule has 1 atom stereocenters. The average Bonchev–Trinajstić information content (AvgIpc) is 3.12. The molecule has 1 heterocycles. The number of hydrogen-bond donors (Lipinski definition) is 1. The number of carbonyl (C=O) groups is 2. The quantitative estimate of drug-likeness (QED) is 0.754. The number of amides is 1. The summed E-state index contributed by atoms with van der Waals surface area (Å²) in [6.45, 7) is 0.895. The topological polar surface area (TPSA) is 101 Å². The molecular weight excluding hydrogens is 326 g/mol. The first kappa shape index (κ1) is 18.7. The van der Waals surface area contributed by atoms with Gasteiger partial charge >= 0.3 is 5.97 Å². The molecule has 0 aliphatic carbocycles. The SMILES string of the molecule is COC(=O)C(CC1OCCO1)NC(=O)c1cc(C#N)cc(N(C)C)c1. The van der Waals surface area contributed by atoms with E-state index in [0.29, 0.717) is 24.5 Å². The van der Waals surface area contributed by atoms with Crippen LogP contribution in [-0.2, 0) is 19.0 Å². The van der Waals surface area contributed by atoms with Crippen LogP contribution in [-0.4, -0.2) is 58.6 Å². The maximum atomic E-state index is 12.6. The van der Waals surface area contributed by atoms with E-state index in [2.05, 4.69) is 5.32 Å². The fourth-order valence-electron chi connectivity index (χ4n) is 2.40. The summed E-state index contributed by atoms with van der Waals surface area (Å²) in [4.78, 5) is 26.3. The number of nitrogens with zero attached hydrogens (tertiary/aromatic N) is 2. The van der Waals surface area contributed by atoms with Crippen molar-refractivity contribution in [3.05, 3.63) is 29.3 Å². The number of nitriles is 1. The van der Waals surface area contributed by atoms with Gasteiger partial charge in [0.05, 0.1) is 32.0 Å². The van der Waals surface area contributed by atoms with Crippen molar-refractivity contribution in [3.8, 4) is 6.07 Å². The first-order valence-electron chi connectivity index (χ1n) is 7.79. The van der Waals surface area contributed by atoms with E-state index in [4.69, 9.17) is 19.5 Å². The Morgan fingerprint density at radius 2 is 2.04 bits per heavy atom.